The Labute approximate surface area is 124 Å². The molecule has 0 fully saturated rings. The Morgan fingerprint density at radius 2 is 1.91 bits per heavy atom. The first-order chi connectivity index (χ1) is 10.2. The summed E-state index contributed by atoms with van der Waals surface area (Å²) in [7, 11) is 0. The molecule has 0 saturated heterocycles. The van der Waals surface area contributed by atoms with Gasteiger partial charge >= 0.3 is 12.1 Å². The van der Waals surface area contributed by atoms with Crippen LogP contribution in [0.15, 0.2) is 29.8 Å². The lowest BCUT2D eigenvalue weighted by Crippen LogP contribution is -2.55. The van der Waals surface area contributed by atoms with Gasteiger partial charge in [-0.1, -0.05) is 18.2 Å². The molecule has 1 aliphatic rings. The summed E-state index contributed by atoms with van der Waals surface area (Å²) >= 11 is 0. The fraction of sp³-hybridized carbons (Fsp3) is 0.333. The van der Waals surface area contributed by atoms with Crippen LogP contribution in [-0.2, 0) is 9.59 Å². The van der Waals surface area contributed by atoms with Crippen molar-refractivity contribution in [2.24, 2.45) is 0 Å². The summed E-state index contributed by atoms with van der Waals surface area (Å²) in [5.41, 5.74) is -3.69. The van der Waals surface area contributed by atoms with Gasteiger partial charge in [-0.2, -0.15) is 13.2 Å². The topological polar surface area (TPSA) is 63.6 Å². The minimum Gasteiger partial charge on any atom is -0.478 e. The summed E-state index contributed by atoms with van der Waals surface area (Å²) in [4.78, 5) is 22.4. The smallest absolute Gasteiger partial charge is 0.432 e. The first-order valence-corrected chi connectivity index (χ1v) is 6.47. The molecular formula is C15H13F3O4. The number of rotatable bonds is 4. The van der Waals surface area contributed by atoms with Crippen molar-refractivity contribution in [2.45, 2.75) is 31.5 Å². The fourth-order valence-electron chi connectivity index (χ4n) is 2.33. The number of Topliss-reactive ketones (excluding diaryl/α,β-unsaturated/α-hetero) is 1. The van der Waals surface area contributed by atoms with Crippen LogP contribution in [0.3, 0.4) is 0 Å². The fourth-order valence-corrected chi connectivity index (χ4v) is 2.33. The van der Waals surface area contributed by atoms with E-state index >= 15 is 0 Å². The summed E-state index contributed by atoms with van der Waals surface area (Å²) in [6, 6.07) is 5.85. The second-order valence-electron chi connectivity index (χ2n) is 5.03. The molecule has 4 nitrogen and oxygen atoms in total. The number of alkyl halides is 3. The van der Waals surface area contributed by atoms with Crippen molar-refractivity contribution < 1.29 is 32.6 Å². The molecule has 2 rings (SSSR count). The molecule has 1 N–H and O–H groups in total. The third-order valence-corrected chi connectivity index (χ3v) is 3.46. The minimum atomic E-state index is -4.97. The summed E-state index contributed by atoms with van der Waals surface area (Å²) in [6.45, 7) is 1.14. The van der Waals surface area contributed by atoms with E-state index in [1.54, 1.807) is 6.07 Å². The standard InChI is InChI=1S/C15H13F3O4/c1-9(19)6-7-14(15(16,17)18)11(13(20)21)8-10-4-2-3-5-12(10)22-14/h2-5,8H,6-7H2,1H3,(H,20,21). The van der Waals surface area contributed by atoms with Crippen molar-refractivity contribution in [3.8, 4) is 5.75 Å². The van der Waals surface area contributed by atoms with Crippen LogP contribution < -0.4 is 4.74 Å². The van der Waals surface area contributed by atoms with E-state index in [1.165, 1.54) is 18.2 Å². The minimum absolute atomic E-state index is 0.0617. The molecule has 0 spiro atoms. The molecule has 1 heterocycles. The first kappa shape index (κ1) is 16.1. The molecule has 1 unspecified atom stereocenters. The Balaban J connectivity index is 2.61. The number of benzene rings is 1. The summed E-state index contributed by atoms with van der Waals surface area (Å²) in [5.74, 6) is -2.26. The molecule has 22 heavy (non-hydrogen) atoms. The van der Waals surface area contributed by atoms with Gasteiger partial charge in [-0.25, -0.2) is 4.79 Å². The van der Waals surface area contributed by atoms with E-state index < -0.39 is 41.9 Å². The number of carboxylic acids is 1. The average molecular weight is 314 g/mol. The Hall–Kier alpha value is -2.31. The first-order valence-electron chi connectivity index (χ1n) is 6.47. The van der Waals surface area contributed by atoms with Gasteiger partial charge in [0, 0.05) is 18.4 Å². The monoisotopic (exact) mass is 314 g/mol. The highest BCUT2D eigenvalue weighted by Crippen LogP contribution is 2.47. The zero-order valence-corrected chi connectivity index (χ0v) is 11.6. The molecule has 1 aromatic carbocycles. The van der Waals surface area contributed by atoms with Crippen LogP contribution in [0.4, 0.5) is 13.2 Å². The Kier molecular flexibility index (Phi) is 4.00. The van der Waals surface area contributed by atoms with E-state index in [-0.39, 0.29) is 11.3 Å². The Bertz CT molecular complexity index is 648. The molecule has 0 aliphatic carbocycles. The molecule has 0 amide bonds. The van der Waals surface area contributed by atoms with Crippen molar-refractivity contribution in [1.29, 1.82) is 0 Å². The van der Waals surface area contributed by atoms with Gasteiger partial charge in [-0.15, -0.1) is 0 Å². The number of hydrogen-bond donors (Lipinski definition) is 1. The van der Waals surface area contributed by atoms with Gasteiger partial charge in [0.2, 0.25) is 5.60 Å². The van der Waals surface area contributed by atoms with Crippen LogP contribution in [0, 0.1) is 0 Å². The number of carboxylic acid groups (broad SMARTS) is 1. The normalized spacial score (nSPS) is 20.6. The third-order valence-electron chi connectivity index (χ3n) is 3.46. The molecule has 0 aromatic heterocycles. The van der Waals surface area contributed by atoms with Crippen LogP contribution in [0.1, 0.15) is 25.3 Å². The molecule has 0 saturated carbocycles. The van der Waals surface area contributed by atoms with Crippen molar-refractivity contribution in [3.05, 3.63) is 35.4 Å². The molecule has 7 heteroatoms. The molecule has 1 aromatic rings. The third kappa shape index (κ3) is 2.70. The highest BCUT2D eigenvalue weighted by atomic mass is 19.4. The summed E-state index contributed by atoms with van der Waals surface area (Å²) in [5, 5.41) is 9.19. The number of ether oxygens (including phenoxy) is 1. The lowest BCUT2D eigenvalue weighted by atomic mass is 9.83. The molecule has 118 valence electrons. The number of para-hydroxylation sites is 1. The van der Waals surface area contributed by atoms with Gasteiger partial charge in [-0.3, -0.25) is 0 Å². The quantitative estimate of drug-likeness (QED) is 0.927. The predicted molar refractivity (Wildman–Crippen MR) is 71.4 cm³/mol. The highest BCUT2D eigenvalue weighted by molar-refractivity contribution is 5.96. The van der Waals surface area contributed by atoms with Crippen molar-refractivity contribution in [1.82, 2.24) is 0 Å². The van der Waals surface area contributed by atoms with Gasteiger partial charge in [0.05, 0.1) is 5.57 Å². The van der Waals surface area contributed by atoms with Crippen LogP contribution in [-0.4, -0.2) is 28.6 Å². The zero-order valence-electron chi connectivity index (χ0n) is 11.6. The Morgan fingerprint density at radius 3 is 2.45 bits per heavy atom. The largest absolute Gasteiger partial charge is 0.478 e. The SMILES string of the molecule is CC(=O)CCC1(C(F)(F)F)Oc2ccccc2C=C1C(=O)O. The average Bonchev–Trinajstić information content (AvgIpc) is 2.42. The zero-order chi connectivity index (χ0) is 16.5. The van der Waals surface area contributed by atoms with Crippen molar-refractivity contribution >= 4 is 17.8 Å². The number of fused-ring (bicyclic) bond motifs is 1. The van der Waals surface area contributed by atoms with Gasteiger partial charge in [0.25, 0.3) is 0 Å². The number of halogens is 3. The molecular weight excluding hydrogens is 301 g/mol. The number of hydrogen-bond acceptors (Lipinski definition) is 3. The van der Waals surface area contributed by atoms with Crippen LogP contribution >= 0.6 is 0 Å². The molecule has 0 bridgehead atoms. The van der Waals surface area contributed by atoms with E-state index in [0.29, 0.717) is 0 Å². The van der Waals surface area contributed by atoms with Crippen LogP contribution in [0.25, 0.3) is 6.08 Å². The van der Waals surface area contributed by atoms with Gasteiger partial charge < -0.3 is 14.6 Å². The maximum absolute atomic E-state index is 13.6. The number of aliphatic carboxylic acids is 1. The summed E-state index contributed by atoms with van der Waals surface area (Å²) in [6.07, 6.45) is -5.24. The predicted octanol–water partition coefficient (Wildman–Crippen LogP) is 3.22. The lowest BCUT2D eigenvalue weighted by molar-refractivity contribution is -0.237. The van der Waals surface area contributed by atoms with E-state index in [1.807, 2.05) is 0 Å². The van der Waals surface area contributed by atoms with Gasteiger partial charge in [-0.05, 0) is 19.1 Å². The second kappa shape index (κ2) is 5.47. The van der Waals surface area contributed by atoms with Gasteiger partial charge in [0.15, 0.2) is 0 Å². The number of ketones is 1. The van der Waals surface area contributed by atoms with Crippen LogP contribution in [0.5, 0.6) is 5.75 Å². The van der Waals surface area contributed by atoms with E-state index in [9.17, 15) is 27.9 Å². The van der Waals surface area contributed by atoms with Crippen LogP contribution in [0.2, 0.25) is 0 Å². The number of carbonyl (C=O) groups excluding carboxylic acids is 1. The van der Waals surface area contributed by atoms with E-state index in [0.717, 1.165) is 13.0 Å². The van der Waals surface area contributed by atoms with Gasteiger partial charge in [0.1, 0.15) is 11.5 Å². The maximum atomic E-state index is 13.6. The second-order valence-corrected chi connectivity index (χ2v) is 5.03. The number of carbonyl (C=O) groups is 2. The van der Waals surface area contributed by atoms with Crippen molar-refractivity contribution in [3.63, 3.8) is 0 Å². The maximum Gasteiger partial charge on any atom is 0.432 e. The molecule has 0 radical (unpaired) electrons. The highest BCUT2D eigenvalue weighted by Gasteiger charge is 2.62. The molecule has 1 aliphatic heterocycles. The molecule has 1 atom stereocenters. The van der Waals surface area contributed by atoms with Crippen molar-refractivity contribution in [2.75, 3.05) is 0 Å². The van der Waals surface area contributed by atoms with E-state index in [2.05, 4.69) is 0 Å². The Morgan fingerprint density at radius 1 is 1.27 bits per heavy atom. The van der Waals surface area contributed by atoms with E-state index in [4.69, 9.17) is 4.74 Å². The lowest BCUT2D eigenvalue weighted by Gasteiger charge is -2.39. The summed E-state index contributed by atoms with van der Waals surface area (Å²) < 4.78 is 45.9.